The van der Waals surface area contributed by atoms with Gasteiger partial charge in [-0.25, -0.2) is 9.97 Å². The third-order valence-corrected chi connectivity index (χ3v) is 7.98. The number of carbonyl (C=O) groups is 1. The van der Waals surface area contributed by atoms with Crippen LogP contribution in [-0.2, 0) is 4.74 Å². The summed E-state index contributed by atoms with van der Waals surface area (Å²) >= 11 is 0. The summed E-state index contributed by atoms with van der Waals surface area (Å²) in [5.41, 5.74) is 8.67. The fourth-order valence-corrected chi connectivity index (χ4v) is 5.48. The summed E-state index contributed by atoms with van der Waals surface area (Å²) in [4.78, 5) is 31.4. The van der Waals surface area contributed by atoms with Gasteiger partial charge in [0.15, 0.2) is 17.3 Å². The number of piperazine rings is 1. The molecular weight excluding hydrogens is 508 g/mol. The molecule has 1 amide bonds. The lowest BCUT2D eigenvalue weighted by Crippen LogP contribution is -2.44. The maximum Gasteiger partial charge on any atom is 0.271 e. The van der Waals surface area contributed by atoms with E-state index in [2.05, 4.69) is 44.6 Å². The molecule has 4 N–H and O–H groups in total. The smallest absolute Gasteiger partial charge is 0.271 e. The van der Waals surface area contributed by atoms with Gasteiger partial charge < -0.3 is 35.6 Å². The van der Waals surface area contributed by atoms with Crippen LogP contribution in [0.4, 0.5) is 23.0 Å². The number of hydrogen-bond acceptors (Lipinski definition) is 10. The van der Waals surface area contributed by atoms with Crippen LogP contribution in [0.5, 0.6) is 5.75 Å². The second kappa shape index (κ2) is 10.9. The standard InChI is InChI=1S/C29H36N8O3/c1-36-13-15-37(16-14-36)21-7-5-19(6-8-21)32-28-25(26(30)38)34-24(23-22(39-2)4-3-12-31-23)27(35-28)33-20-9-17-40-29(18-20)10-11-29/h3-8,12,20H,9-11,13-18H2,1-2H3,(H2,30,38)(H2,32,33,35). The first-order chi connectivity index (χ1) is 19.4. The summed E-state index contributed by atoms with van der Waals surface area (Å²) in [5.74, 6) is 0.645. The van der Waals surface area contributed by atoms with Gasteiger partial charge in [-0.3, -0.25) is 9.78 Å². The predicted molar refractivity (Wildman–Crippen MR) is 154 cm³/mol. The average Bonchev–Trinajstić information content (AvgIpc) is 3.71. The van der Waals surface area contributed by atoms with Crippen molar-refractivity contribution >= 4 is 28.9 Å². The summed E-state index contributed by atoms with van der Waals surface area (Å²) in [7, 11) is 3.72. The highest BCUT2D eigenvalue weighted by molar-refractivity contribution is 5.97. The molecule has 2 saturated heterocycles. The first kappa shape index (κ1) is 26.3. The highest BCUT2D eigenvalue weighted by atomic mass is 16.5. The minimum Gasteiger partial charge on any atom is -0.494 e. The molecule has 1 spiro atoms. The van der Waals surface area contributed by atoms with Crippen molar-refractivity contribution in [2.75, 3.05) is 62.5 Å². The number of primary amides is 1. The Morgan fingerprint density at radius 1 is 1.07 bits per heavy atom. The molecule has 0 radical (unpaired) electrons. The highest BCUT2D eigenvalue weighted by Gasteiger charge is 2.48. The SMILES string of the molecule is COc1cccnc1-c1nc(C(N)=O)c(Nc2ccc(N3CCN(C)CC3)cc2)nc1NC1CCOC2(CC2)C1. The Morgan fingerprint density at radius 3 is 2.55 bits per heavy atom. The number of pyridine rings is 1. The number of hydrogen-bond donors (Lipinski definition) is 3. The fourth-order valence-electron chi connectivity index (χ4n) is 5.48. The number of aromatic nitrogens is 3. The number of benzene rings is 1. The Kier molecular flexibility index (Phi) is 7.16. The van der Waals surface area contributed by atoms with Gasteiger partial charge in [0.05, 0.1) is 12.7 Å². The lowest BCUT2D eigenvalue weighted by molar-refractivity contribution is -0.00884. The molecule has 3 aliphatic rings. The minimum atomic E-state index is -0.685. The van der Waals surface area contributed by atoms with Crippen molar-refractivity contribution < 1.29 is 14.3 Å². The molecule has 0 bridgehead atoms. The lowest BCUT2D eigenvalue weighted by Gasteiger charge is -2.34. The van der Waals surface area contributed by atoms with Crippen LogP contribution in [0.15, 0.2) is 42.6 Å². The monoisotopic (exact) mass is 544 g/mol. The van der Waals surface area contributed by atoms with E-state index >= 15 is 0 Å². The van der Waals surface area contributed by atoms with Gasteiger partial charge in [0, 0.05) is 56.4 Å². The Bertz CT molecular complexity index is 1370. The summed E-state index contributed by atoms with van der Waals surface area (Å²) in [5, 5.41) is 6.88. The Balaban J connectivity index is 1.33. The zero-order chi connectivity index (χ0) is 27.7. The molecule has 1 aromatic carbocycles. The summed E-state index contributed by atoms with van der Waals surface area (Å²) in [6, 6.07) is 11.9. The second-order valence-electron chi connectivity index (χ2n) is 10.9. The summed E-state index contributed by atoms with van der Waals surface area (Å²) < 4.78 is 11.6. The van der Waals surface area contributed by atoms with Gasteiger partial charge in [0.2, 0.25) is 0 Å². The van der Waals surface area contributed by atoms with Crippen LogP contribution in [0.3, 0.4) is 0 Å². The van der Waals surface area contributed by atoms with E-state index in [0.29, 0.717) is 29.6 Å². The van der Waals surface area contributed by atoms with Gasteiger partial charge >= 0.3 is 0 Å². The summed E-state index contributed by atoms with van der Waals surface area (Å²) in [6.07, 6.45) is 5.55. The number of nitrogens with two attached hydrogens (primary N) is 1. The molecule has 4 heterocycles. The zero-order valence-corrected chi connectivity index (χ0v) is 23.0. The van der Waals surface area contributed by atoms with Crippen LogP contribution in [-0.4, -0.2) is 84.3 Å². The first-order valence-electron chi connectivity index (χ1n) is 13.9. The number of likely N-dealkylation sites (N-methyl/N-ethyl adjacent to an activating group) is 1. The lowest BCUT2D eigenvalue weighted by atomic mass is 10.0. The zero-order valence-electron chi connectivity index (χ0n) is 23.0. The van der Waals surface area contributed by atoms with Crippen molar-refractivity contribution in [2.45, 2.75) is 37.3 Å². The number of nitrogens with zero attached hydrogens (tertiary/aromatic N) is 5. The van der Waals surface area contributed by atoms with Gasteiger partial charge in [-0.15, -0.1) is 0 Å². The van der Waals surface area contributed by atoms with Crippen LogP contribution in [0.2, 0.25) is 0 Å². The maximum absolute atomic E-state index is 12.6. The second-order valence-corrected chi connectivity index (χ2v) is 10.9. The van der Waals surface area contributed by atoms with Crippen LogP contribution in [0.25, 0.3) is 11.4 Å². The van der Waals surface area contributed by atoms with Crippen molar-refractivity contribution in [2.24, 2.45) is 5.73 Å². The average molecular weight is 545 g/mol. The molecule has 11 nitrogen and oxygen atoms in total. The number of nitrogens with one attached hydrogen (secondary N) is 2. The largest absolute Gasteiger partial charge is 0.494 e. The molecule has 40 heavy (non-hydrogen) atoms. The Labute approximate surface area is 234 Å². The molecule has 2 aliphatic heterocycles. The molecule has 1 saturated carbocycles. The van der Waals surface area contributed by atoms with Gasteiger partial charge in [-0.2, -0.15) is 0 Å². The van der Waals surface area contributed by atoms with E-state index in [4.69, 9.17) is 25.2 Å². The molecule has 6 rings (SSSR count). The van der Waals surface area contributed by atoms with Gasteiger partial charge in [0.25, 0.3) is 5.91 Å². The van der Waals surface area contributed by atoms with E-state index in [1.54, 1.807) is 25.4 Å². The van der Waals surface area contributed by atoms with Crippen LogP contribution in [0.1, 0.15) is 36.2 Å². The topological polar surface area (TPSA) is 131 Å². The minimum absolute atomic E-state index is 0.0219. The Morgan fingerprint density at radius 2 is 1.85 bits per heavy atom. The van der Waals surface area contributed by atoms with E-state index in [1.165, 1.54) is 0 Å². The number of anilines is 4. The van der Waals surface area contributed by atoms with Crippen molar-refractivity contribution in [3.63, 3.8) is 0 Å². The molecule has 1 unspecified atom stereocenters. The van der Waals surface area contributed by atoms with Crippen molar-refractivity contribution in [1.29, 1.82) is 0 Å². The number of ether oxygens (including phenoxy) is 2. The Hall–Kier alpha value is -3.96. The molecule has 3 aromatic rings. The first-order valence-corrected chi connectivity index (χ1v) is 13.9. The van der Waals surface area contributed by atoms with Crippen molar-refractivity contribution in [3.05, 3.63) is 48.3 Å². The van der Waals surface area contributed by atoms with E-state index in [-0.39, 0.29) is 23.2 Å². The molecule has 2 aromatic heterocycles. The molecule has 1 atom stereocenters. The van der Waals surface area contributed by atoms with Crippen molar-refractivity contribution in [1.82, 2.24) is 19.9 Å². The van der Waals surface area contributed by atoms with Gasteiger partial charge in [-0.1, -0.05) is 0 Å². The number of rotatable bonds is 8. The number of methoxy groups -OCH3 is 1. The van der Waals surface area contributed by atoms with E-state index in [1.807, 2.05) is 12.1 Å². The quantitative estimate of drug-likeness (QED) is 0.388. The van der Waals surface area contributed by atoms with Gasteiger partial charge in [-0.05, 0) is 69.1 Å². The molecule has 1 aliphatic carbocycles. The number of carbonyl (C=O) groups excluding carboxylic acids is 1. The molecule has 3 fully saturated rings. The highest BCUT2D eigenvalue weighted by Crippen LogP contribution is 2.47. The molecule has 11 heteroatoms. The van der Waals surface area contributed by atoms with E-state index in [0.717, 1.165) is 63.2 Å². The fraction of sp³-hybridized carbons (Fsp3) is 0.448. The summed E-state index contributed by atoms with van der Waals surface area (Å²) in [6.45, 7) is 4.74. The van der Waals surface area contributed by atoms with Crippen LogP contribution in [0, 0.1) is 0 Å². The van der Waals surface area contributed by atoms with Gasteiger partial charge in [0.1, 0.15) is 17.1 Å². The maximum atomic E-state index is 12.6. The normalized spacial score (nSPS) is 20.2. The van der Waals surface area contributed by atoms with Crippen LogP contribution >= 0.6 is 0 Å². The molecular formula is C29H36N8O3. The van der Waals surface area contributed by atoms with E-state index < -0.39 is 5.91 Å². The third kappa shape index (κ3) is 5.52. The van der Waals surface area contributed by atoms with Crippen molar-refractivity contribution in [3.8, 4) is 17.1 Å². The third-order valence-electron chi connectivity index (χ3n) is 7.98. The van der Waals surface area contributed by atoms with Crippen LogP contribution < -0.4 is 26.0 Å². The predicted octanol–water partition coefficient (Wildman–Crippen LogP) is 3.27. The van der Waals surface area contributed by atoms with E-state index in [9.17, 15) is 4.79 Å². The number of amides is 1. The molecule has 210 valence electrons.